The number of benzene rings is 1. The van der Waals surface area contributed by atoms with Crippen LogP contribution in [0.1, 0.15) is 36.8 Å². The summed E-state index contributed by atoms with van der Waals surface area (Å²) in [6.45, 7) is 1.16. The van der Waals surface area contributed by atoms with E-state index in [1.807, 2.05) is 0 Å². The molecule has 4 atom stereocenters. The molecule has 2 fully saturated rings. The highest BCUT2D eigenvalue weighted by Gasteiger charge is 2.61. The van der Waals surface area contributed by atoms with Crippen LogP contribution in [0, 0.1) is 12.0 Å². The van der Waals surface area contributed by atoms with E-state index >= 15 is 0 Å². The molecule has 2 heterocycles. The minimum atomic E-state index is 0.342. The van der Waals surface area contributed by atoms with Gasteiger partial charge in [0.1, 0.15) is 11.9 Å². The van der Waals surface area contributed by atoms with Crippen LogP contribution in [0.5, 0.6) is 5.75 Å². The van der Waals surface area contributed by atoms with Crippen molar-refractivity contribution in [1.29, 1.82) is 0 Å². The summed E-state index contributed by atoms with van der Waals surface area (Å²) in [5, 5.41) is 3.75. The summed E-state index contributed by atoms with van der Waals surface area (Å²) in [5.41, 5.74) is 3.33. The molecule has 4 aliphatic rings. The monoisotopic (exact) mass is 240 g/mol. The first-order valence-electron chi connectivity index (χ1n) is 7.34. The summed E-state index contributed by atoms with van der Waals surface area (Å²) in [4.78, 5) is 0. The molecule has 0 aromatic heterocycles. The zero-order chi connectivity index (χ0) is 11.7. The average Bonchev–Trinajstić information content (AvgIpc) is 2.70. The third-order valence-corrected chi connectivity index (χ3v) is 5.85. The second kappa shape index (κ2) is 3.11. The van der Waals surface area contributed by atoms with Gasteiger partial charge in [-0.1, -0.05) is 6.07 Å². The van der Waals surface area contributed by atoms with Gasteiger partial charge in [0.2, 0.25) is 0 Å². The Hall–Kier alpha value is -1.02. The fourth-order valence-electron chi connectivity index (χ4n) is 5.31. The van der Waals surface area contributed by atoms with Crippen molar-refractivity contribution in [2.45, 2.75) is 49.7 Å². The van der Waals surface area contributed by atoms with E-state index in [0.717, 1.165) is 18.9 Å². The van der Waals surface area contributed by atoms with Crippen molar-refractivity contribution >= 4 is 0 Å². The molecule has 1 spiro atoms. The number of hydrogen-bond acceptors (Lipinski definition) is 2. The van der Waals surface area contributed by atoms with Gasteiger partial charge in [-0.25, -0.2) is 0 Å². The van der Waals surface area contributed by atoms with Crippen LogP contribution >= 0.6 is 0 Å². The Labute approximate surface area is 108 Å². The first kappa shape index (κ1) is 9.85. The summed E-state index contributed by atoms with van der Waals surface area (Å²) >= 11 is 0. The molecule has 2 nitrogen and oxygen atoms in total. The van der Waals surface area contributed by atoms with Crippen molar-refractivity contribution in [3.63, 3.8) is 0 Å². The number of piperidine rings is 1. The lowest BCUT2D eigenvalue weighted by molar-refractivity contribution is 0.00335. The van der Waals surface area contributed by atoms with Crippen molar-refractivity contribution < 1.29 is 4.74 Å². The maximum Gasteiger partial charge on any atom is 0.123 e. The molecule has 1 N–H and O–H groups in total. The van der Waals surface area contributed by atoms with Crippen LogP contribution in [0.2, 0.25) is 0 Å². The summed E-state index contributed by atoms with van der Waals surface area (Å²) in [5.74, 6) is 1.98. The minimum absolute atomic E-state index is 0.342. The van der Waals surface area contributed by atoms with Crippen LogP contribution < -0.4 is 10.1 Å². The van der Waals surface area contributed by atoms with Gasteiger partial charge in [0.15, 0.2) is 0 Å². The van der Waals surface area contributed by atoms with Gasteiger partial charge in [0.05, 0.1) is 0 Å². The molecule has 2 aliphatic carbocycles. The Kier molecular flexibility index (Phi) is 1.70. The van der Waals surface area contributed by atoms with E-state index in [-0.39, 0.29) is 0 Å². The van der Waals surface area contributed by atoms with E-state index in [0.29, 0.717) is 17.6 Å². The molecule has 0 unspecified atom stereocenters. The minimum Gasteiger partial charge on any atom is -0.489 e. The highest BCUT2D eigenvalue weighted by Crippen LogP contribution is 2.60. The van der Waals surface area contributed by atoms with Crippen LogP contribution in [0.25, 0.3) is 0 Å². The smallest absolute Gasteiger partial charge is 0.123 e. The topological polar surface area (TPSA) is 21.3 Å². The number of ether oxygens (including phenoxy) is 1. The molecule has 1 saturated heterocycles. The molecule has 5 rings (SSSR count). The van der Waals surface area contributed by atoms with Gasteiger partial charge >= 0.3 is 0 Å². The molecular formula is C16H18NO. The highest BCUT2D eigenvalue weighted by atomic mass is 16.5. The lowest BCUT2D eigenvalue weighted by Crippen LogP contribution is -2.63. The molecular weight excluding hydrogens is 222 g/mol. The quantitative estimate of drug-likeness (QED) is 0.750. The van der Waals surface area contributed by atoms with Crippen molar-refractivity contribution in [3.8, 4) is 5.75 Å². The molecule has 2 heteroatoms. The Balaban J connectivity index is 1.83. The van der Waals surface area contributed by atoms with E-state index in [2.05, 4.69) is 23.5 Å². The summed E-state index contributed by atoms with van der Waals surface area (Å²) in [6.07, 6.45) is 6.83. The Bertz CT molecular complexity index is 526. The molecule has 1 aromatic carbocycles. The van der Waals surface area contributed by atoms with Crippen LogP contribution in [0.4, 0.5) is 0 Å². The predicted octanol–water partition coefficient (Wildman–Crippen LogP) is 2.20. The van der Waals surface area contributed by atoms with Crippen molar-refractivity contribution in [2.75, 3.05) is 6.54 Å². The Morgan fingerprint density at radius 1 is 1.39 bits per heavy atom. The van der Waals surface area contributed by atoms with E-state index in [9.17, 15) is 0 Å². The van der Waals surface area contributed by atoms with Crippen molar-refractivity contribution in [3.05, 3.63) is 29.3 Å². The van der Waals surface area contributed by atoms with E-state index < -0.39 is 0 Å². The third kappa shape index (κ3) is 0.934. The zero-order valence-corrected chi connectivity index (χ0v) is 10.5. The SMILES string of the molecule is [c]1ccc2c3c1C[C@H]1NCC[C@@]34[C@H](CCC[C@@H]14)O2. The highest BCUT2D eigenvalue weighted by molar-refractivity contribution is 5.54. The molecule has 18 heavy (non-hydrogen) atoms. The second-order valence-corrected chi connectivity index (χ2v) is 6.39. The van der Waals surface area contributed by atoms with Crippen LogP contribution in [-0.2, 0) is 11.8 Å². The van der Waals surface area contributed by atoms with Gasteiger partial charge in [-0.3, -0.25) is 0 Å². The standard InChI is InChI=1S/C16H18NO/c1-3-10-9-12-11-4-2-6-14-16(11,7-8-17-12)15(10)13(5-1)18-14/h1,5,11-12,14,17H,2,4,6-9H2/t11-,12+,14-,16+/m0/s1. The molecule has 0 amide bonds. The largest absolute Gasteiger partial charge is 0.489 e. The number of rotatable bonds is 0. The molecule has 1 saturated carbocycles. The summed E-state index contributed by atoms with van der Waals surface area (Å²) < 4.78 is 6.33. The maximum absolute atomic E-state index is 6.33. The van der Waals surface area contributed by atoms with Crippen LogP contribution in [-0.4, -0.2) is 18.7 Å². The van der Waals surface area contributed by atoms with E-state index in [1.54, 1.807) is 5.56 Å². The van der Waals surface area contributed by atoms with Crippen LogP contribution in [0.15, 0.2) is 12.1 Å². The zero-order valence-electron chi connectivity index (χ0n) is 10.5. The fraction of sp³-hybridized carbons (Fsp3) is 0.625. The molecule has 1 radical (unpaired) electrons. The van der Waals surface area contributed by atoms with E-state index in [4.69, 9.17) is 4.74 Å². The second-order valence-electron chi connectivity index (χ2n) is 6.39. The predicted molar refractivity (Wildman–Crippen MR) is 68.8 cm³/mol. The maximum atomic E-state index is 6.33. The number of hydrogen-bond donors (Lipinski definition) is 1. The van der Waals surface area contributed by atoms with Crippen molar-refractivity contribution in [1.82, 2.24) is 5.32 Å². The van der Waals surface area contributed by atoms with Crippen molar-refractivity contribution in [2.24, 2.45) is 5.92 Å². The first-order chi connectivity index (χ1) is 8.89. The third-order valence-electron chi connectivity index (χ3n) is 5.85. The number of nitrogens with one attached hydrogen (secondary N) is 1. The first-order valence-corrected chi connectivity index (χ1v) is 7.34. The van der Waals surface area contributed by atoms with Gasteiger partial charge in [0, 0.05) is 17.0 Å². The van der Waals surface area contributed by atoms with Gasteiger partial charge in [-0.15, -0.1) is 0 Å². The normalized spacial score (nSPS) is 43.2. The van der Waals surface area contributed by atoms with Crippen LogP contribution in [0.3, 0.4) is 0 Å². The average molecular weight is 240 g/mol. The Morgan fingerprint density at radius 2 is 2.39 bits per heavy atom. The molecule has 2 aliphatic heterocycles. The lowest BCUT2D eigenvalue weighted by atomic mass is 9.52. The Morgan fingerprint density at radius 3 is 3.39 bits per heavy atom. The van der Waals surface area contributed by atoms with Gasteiger partial charge in [-0.2, -0.15) is 0 Å². The van der Waals surface area contributed by atoms with E-state index in [1.165, 1.54) is 37.0 Å². The summed E-state index contributed by atoms with van der Waals surface area (Å²) in [6, 6.07) is 8.36. The van der Waals surface area contributed by atoms with Gasteiger partial charge < -0.3 is 10.1 Å². The lowest BCUT2D eigenvalue weighted by Gasteiger charge is -2.55. The molecule has 1 aromatic rings. The molecule has 2 bridgehead atoms. The van der Waals surface area contributed by atoms with Gasteiger partial charge in [-0.05, 0) is 62.3 Å². The molecule has 93 valence electrons. The fourth-order valence-corrected chi connectivity index (χ4v) is 5.31. The summed E-state index contributed by atoms with van der Waals surface area (Å²) in [7, 11) is 0. The van der Waals surface area contributed by atoms with Gasteiger partial charge in [0.25, 0.3) is 0 Å².